The van der Waals surface area contributed by atoms with Crippen LogP contribution in [-0.2, 0) is 5.75 Å². The van der Waals surface area contributed by atoms with Crippen LogP contribution in [0.3, 0.4) is 0 Å². The van der Waals surface area contributed by atoms with E-state index in [2.05, 4.69) is 9.97 Å². The second kappa shape index (κ2) is 7.75. The highest BCUT2D eigenvalue weighted by Crippen LogP contribution is 2.27. The SMILES string of the molecule is O=c1[nH]c(SCc2cc(F)ccc2F)nc2c1sc(=S)n2-c1ccc(Cl)cc1. The maximum atomic E-state index is 13.8. The van der Waals surface area contributed by atoms with Crippen molar-refractivity contribution in [3.63, 3.8) is 0 Å². The Balaban J connectivity index is 1.76. The number of fused-ring (bicyclic) bond motifs is 1. The Kier molecular flexibility index (Phi) is 5.33. The molecule has 0 spiro atoms. The molecule has 0 aliphatic rings. The Morgan fingerprint density at radius 2 is 1.96 bits per heavy atom. The van der Waals surface area contributed by atoms with Crippen LogP contribution >= 0.6 is 46.9 Å². The lowest BCUT2D eigenvalue weighted by Crippen LogP contribution is -2.09. The van der Waals surface area contributed by atoms with Crippen molar-refractivity contribution < 1.29 is 8.78 Å². The predicted octanol–water partition coefficient (Wildman–Crippen LogP) is 5.73. The summed E-state index contributed by atoms with van der Waals surface area (Å²) in [5, 5.41) is 0.866. The van der Waals surface area contributed by atoms with Gasteiger partial charge in [-0.25, -0.2) is 13.8 Å². The highest BCUT2D eigenvalue weighted by molar-refractivity contribution is 7.98. The zero-order chi connectivity index (χ0) is 19.8. The summed E-state index contributed by atoms with van der Waals surface area (Å²) in [6, 6.07) is 10.3. The first-order valence-corrected chi connectivity index (χ1v) is 10.5. The molecule has 10 heteroatoms. The summed E-state index contributed by atoms with van der Waals surface area (Å²) < 4.78 is 29.7. The quantitative estimate of drug-likeness (QED) is 0.243. The Hall–Kier alpha value is -2.07. The molecule has 0 amide bonds. The topological polar surface area (TPSA) is 50.7 Å². The fourth-order valence-corrected chi connectivity index (χ4v) is 4.81. The smallest absolute Gasteiger partial charge is 0.271 e. The van der Waals surface area contributed by atoms with Gasteiger partial charge in [0.25, 0.3) is 5.56 Å². The Bertz CT molecular complexity index is 1300. The molecule has 2 aromatic carbocycles. The Morgan fingerprint density at radius 3 is 2.71 bits per heavy atom. The van der Waals surface area contributed by atoms with Gasteiger partial charge in [0.2, 0.25) is 0 Å². The third-order valence-corrected chi connectivity index (χ3v) is 6.41. The molecule has 0 fully saturated rings. The molecule has 0 saturated heterocycles. The Morgan fingerprint density at radius 1 is 1.21 bits per heavy atom. The molecule has 0 bridgehead atoms. The minimum Gasteiger partial charge on any atom is -0.300 e. The van der Waals surface area contributed by atoms with E-state index >= 15 is 0 Å². The standard InChI is InChI=1S/C18H10ClF2N3OS3/c19-10-1-4-12(5-2-10)24-15-14(28-18(24)26)16(25)23-17(22-15)27-8-9-7-11(20)3-6-13(9)21/h1-7H,8H2,(H,22,23,25). The van der Waals surface area contributed by atoms with Gasteiger partial charge in [0.15, 0.2) is 14.8 Å². The molecule has 4 aromatic rings. The van der Waals surface area contributed by atoms with E-state index in [1.54, 1.807) is 28.8 Å². The number of benzene rings is 2. The molecule has 0 aliphatic heterocycles. The van der Waals surface area contributed by atoms with Crippen molar-refractivity contribution in [1.29, 1.82) is 0 Å². The van der Waals surface area contributed by atoms with Crippen LogP contribution in [0.25, 0.3) is 16.0 Å². The van der Waals surface area contributed by atoms with E-state index in [0.29, 0.717) is 19.3 Å². The maximum absolute atomic E-state index is 13.8. The molecule has 0 aliphatic carbocycles. The lowest BCUT2D eigenvalue weighted by Gasteiger charge is -2.06. The first-order valence-electron chi connectivity index (χ1n) is 7.91. The number of aromatic nitrogens is 3. The van der Waals surface area contributed by atoms with Gasteiger partial charge in [0, 0.05) is 22.0 Å². The molecule has 0 radical (unpaired) electrons. The lowest BCUT2D eigenvalue weighted by atomic mass is 10.2. The largest absolute Gasteiger partial charge is 0.300 e. The Labute approximate surface area is 175 Å². The molecule has 0 unspecified atom stereocenters. The van der Waals surface area contributed by atoms with Crippen molar-refractivity contribution in [2.24, 2.45) is 0 Å². The first-order chi connectivity index (χ1) is 13.4. The van der Waals surface area contributed by atoms with Crippen molar-refractivity contribution in [3.05, 3.63) is 79.0 Å². The second-order valence-electron chi connectivity index (χ2n) is 5.73. The third-order valence-electron chi connectivity index (χ3n) is 3.88. The molecule has 4 rings (SSSR count). The average molecular weight is 454 g/mol. The summed E-state index contributed by atoms with van der Waals surface area (Å²) in [4.78, 5) is 19.6. The van der Waals surface area contributed by atoms with Gasteiger partial charge in [-0.3, -0.25) is 9.36 Å². The van der Waals surface area contributed by atoms with Crippen LogP contribution in [0, 0.1) is 15.6 Å². The van der Waals surface area contributed by atoms with Gasteiger partial charge in [-0.2, -0.15) is 0 Å². The summed E-state index contributed by atoms with van der Waals surface area (Å²) in [7, 11) is 0. The predicted molar refractivity (Wildman–Crippen MR) is 111 cm³/mol. The summed E-state index contributed by atoms with van der Waals surface area (Å²) in [6.07, 6.45) is 0. The van der Waals surface area contributed by atoms with Gasteiger partial charge >= 0.3 is 0 Å². The van der Waals surface area contributed by atoms with Crippen molar-refractivity contribution in [2.45, 2.75) is 10.9 Å². The number of thioether (sulfide) groups is 1. The minimum absolute atomic E-state index is 0.115. The van der Waals surface area contributed by atoms with Crippen molar-refractivity contribution in [1.82, 2.24) is 14.5 Å². The average Bonchev–Trinajstić information content (AvgIpc) is 3.00. The molecule has 142 valence electrons. The highest BCUT2D eigenvalue weighted by atomic mass is 35.5. The second-order valence-corrected chi connectivity index (χ2v) is 8.77. The molecule has 4 nitrogen and oxygen atoms in total. The van der Waals surface area contributed by atoms with Crippen molar-refractivity contribution in [3.8, 4) is 5.69 Å². The molecule has 2 aromatic heterocycles. The normalized spacial score (nSPS) is 11.2. The van der Waals surface area contributed by atoms with Gasteiger partial charge in [-0.05, 0) is 54.7 Å². The van der Waals surface area contributed by atoms with Crippen LogP contribution in [-0.4, -0.2) is 14.5 Å². The van der Waals surface area contributed by atoms with Gasteiger partial charge in [-0.1, -0.05) is 34.7 Å². The fourth-order valence-electron chi connectivity index (χ4n) is 2.58. The van der Waals surface area contributed by atoms with Gasteiger partial charge in [-0.15, -0.1) is 0 Å². The van der Waals surface area contributed by atoms with E-state index < -0.39 is 11.6 Å². The molecule has 0 atom stereocenters. The van der Waals surface area contributed by atoms with Crippen LogP contribution < -0.4 is 5.56 Å². The van der Waals surface area contributed by atoms with Crippen LogP contribution in [0.15, 0.2) is 52.4 Å². The molecule has 2 heterocycles. The number of nitrogens with one attached hydrogen (secondary N) is 1. The molecule has 1 N–H and O–H groups in total. The number of nitrogens with zero attached hydrogens (tertiary/aromatic N) is 2. The van der Waals surface area contributed by atoms with Gasteiger partial charge in [0.05, 0.1) is 0 Å². The van der Waals surface area contributed by atoms with Gasteiger partial charge in [0.1, 0.15) is 16.3 Å². The van der Waals surface area contributed by atoms with Crippen LogP contribution in [0.4, 0.5) is 8.78 Å². The van der Waals surface area contributed by atoms with Crippen LogP contribution in [0.5, 0.6) is 0 Å². The summed E-state index contributed by atoms with van der Waals surface area (Å²) in [5.74, 6) is -0.927. The number of thiazole rings is 1. The van der Waals surface area contributed by atoms with E-state index in [-0.39, 0.29) is 22.0 Å². The van der Waals surface area contributed by atoms with E-state index in [9.17, 15) is 13.6 Å². The first kappa shape index (κ1) is 19.3. The zero-order valence-electron chi connectivity index (χ0n) is 13.9. The van der Waals surface area contributed by atoms with Crippen LogP contribution in [0.2, 0.25) is 5.02 Å². The highest BCUT2D eigenvalue weighted by Gasteiger charge is 2.14. The van der Waals surface area contributed by atoms with E-state index in [0.717, 1.165) is 47.0 Å². The number of H-pyrrole nitrogens is 1. The monoisotopic (exact) mass is 453 g/mol. The number of rotatable bonds is 4. The number of halogens is 3. The van der Waals surface area contributed by atoms with Gasteiger partial charge < -0.3 is 4.98 Å². The van der Waals surface area contributed by atoms with E-state index in [4.69, 9.17) is 23.8 Å². The third kappa shape index (κ3) is 3.75. The van der Waals surface area contributed by atoms with Crippen LogP contribution in [0.1, 0.15) is 5.56 Å². The number of hydrogen-bond donors (Lipinski definition) is 1. The maximum Gasteiger partial charge on any atom is 0.271 e. The fraction of sp³-hybridized carbons (Fsp3) is 0.0556. The molecular weight excluding hydrogens is 444 g/mol. The zero-order valence-corrected chi connectivity index (χ0v) is 17.1. The van der Waals surface area contributed by atoms with Crippen molar-refractivity contribution in [2.75, 3.05) is 0 Å². The summed E-state index contributed by atoms with van der Waals surface area (Å²) in [6.45, 7) is 0. The number of hydrogen-bond acceptors (Lipinski definition) is 5. The minimum atomic E-state index is -0.525. The van der Waals surface area contributed by atoms with Crippen molar-refractivity contribution >= 4 is 57.3 Å². The van der Waals surface area contributed by atoms with E-state index in [1.807, 2.05) is 0 Å². The van der Waals surface area contributed by atoms with E-state index in [1.165, 1.54) is 0 Å². The molecular formula is C18H10ClF2N3OS3. The lowest BCUT2D eigenvalue weighted by molar-refractivity contribution is 0.591. The molecule has 28 heavy (non-hydrogen) atoms. The molecule has 0 saturated carbocycles. The summed E-state index contributed by atoms with van der Waals surface area (Å²) in [5.41, 5.74) is 0.984. The number of aromatic amines is 1. The summed E-state index contributed by atoms with van der Waals surface area (Å²) >= 11 is 13.6.